The molecule has 0 radical (unpaired) electrons. The van der Waals surface area contributed by atoms with Crippen molar-refractivity contribution in [1.82, 2.24) is 0 Å². The third-order valence-corrected chi connectivity index (χ3v) is 0.678. The summed E-state index contributed by atoms with van der Waals surface area (Å²) in [7, 11) is 0. The van der Waals surface area contributed by atoms with Crippen LogP contribution in [-0.4, -0.2) is 16.9 Å². The Labute approximate surface area is 53.0 Å². The highest BCUT2D eigenvalue weighted by Gasteiger charge is 2.01. The Kier molecular flexibility index (Phi) is 3.35. The highest BCUT2D eigenvalue weighted by atomic mass is 16.4. The fraction of sp³-hybridized carbons (Fsp3) is 0.333. The Morgan fingerprint density at radius 2 is 2.11 bits per heavy atom. The van der Waals surface area contributed by atoms with Gasteiger partial charge in [0, 0.05) is 0 Å². The van der Waals surface area contributed by atoms with E-state index in [9.17, 15) is 9.59 Å². The van der Waals surface area contributed by atoms with Crippen LogP contribution in [-0.2, 0) is 9.59 Å². The van der Waals surface area contributed by atoms with Gasteiger partial charge in [0.25, 0.3) is 0 Å². The quantitative estimate of drug-likeness (QED) is 0.447. The molecule has 0 spiro atoms. The van der Waals surface area contributed by atoms with Crippen molar-refractivity contribution in [3.8, 4) is 0 Å². The van der Waals surface area contributed by atoms with E-state index in [1.807, 2.05) is 0 Å². The van der Waals surface area contributed by atoms with E-state index in [2.05, 4.69) is 0 Å². The molecule has 0 aromatic rings. The number of aliphatic carboxylic acids is 1. The van der Waals surface area contributed by atoms with Crippen molar-refractivity contribution >= 4 is 11.8 Å². The zero-order valence-electron chi connectivity index (χ0n) is 5.13. The summed E-state index contributed by atoms with van der Waals surface area (Å²) in [6.45, 7) is 1.67. The van der Waals surface area contributed by atoms with Crippen molar-refractivity contribution in [3.05, 3.63) is 12.2 Å². The van der Waals surface area contributed by atoms with Gasteiger partial charge in [-0.25, -0.2) is 0 Å². The molecule has 0 rings (SSSR count). The Morgan fingerprint density at radius 1 is 1.56 bits per heavy atom. The van der Waals surface area contributed by atoms with Gasteiger partial charge in [-0.2, -0.15) is 0 Å². The number of allylic oxidation sites excluding steroid dienone is 2. The number of hydrogen-bond donors (Lipinski definition) is 1. The van der Waals surface area contributed by atoms with E-state index in [1.54, 1.807) is 6.92 Å². The van der Waals surface area contributed by atoms with E-state index in [1.165, 1.54) is 12.2 Å². The van der Waals surface area contributed by atoms with Crippen molar-refractivity contribution in [1.29, 1.82) is 0 Å². The Hall–Kier alpha value is -1.12. The van der Waals surface area contributed by atoms with Crippen LogP contribution in [0.25, 0.3) is 0 Å². The summed E-state index contributed by atoms with van der Waals surface area (Å²) in [5.41, 5.74) is 0. The van der Waals surface area contributed by atoms with Gasteiger partial charge in [0.15, 0.2) is 5.78 Å². The molecule has 0 fully saturated rings. The second kappa shape index (κ2) is 3.83. The predicted octanol–water partition coefficient (Wildman–Crippen LogP) is 0.606. The molecule has 0 atom stereocenters. The van der Waals surface area contributed by atoms with Crippen LogP contribution in [0.1, 0.15) is 13.3 Å². The fourth-order valence-corrected chi connectivity index (χ4v) is 0.394. The number of carboxylic acid groups (broad SMARTS) is 1. The van der Waals surface area contributed by atoms with Gasteiger partial charge in [-0.3, -0.25) is 9.59 Å². The summed E-state index contributed by atoms with van der Waals surface area (Å²) < 4.78 is 0. The molecule has 0 saturated heterocycles. The molecule has 0 aliphatic carbocycles. The van der Waals surface area contributed by atoms with E-state index in [4.69, 9.17) is 5.11 Å². The predicted molar refractivity (Wildman–Crippen MR) is 32.1 cm³/mol. The highest BCUT2D eigenvalue weighted by molar-refractivity contribution is 6.01. The maximum Gasteiger partial charge on any atom is 0.311 e. The van der Waals surface area contributed by atoms with E-state index < -0.39 is 12.4 Å². The van der Waals surface area contributed by atoms with Crippen LogP contribution in [0.2, 0.25) is 0 Å². The third kappa shape index (κ3) is 4.74. The SMILES string of the molecule is CC=CC(=O)CC(=O)O. The first kappa shape index (κ1) is 7.88. The van der Waals surface area contributed by atoms with Crippen LogP contribution in [0.15, 0.2) is 12.2 Å². The van der Waals surface area contributed by atoms with Crippen molar-refractivity contribution in [2.24, 2.45) is 0 Å². The maximum atomic E-state index is 10.4. The highest BCUT2D eigenvalue weighted by Crippen LogP contribution is 1.84. The normalized spacial score (nSPS) is 9.89. The lowest BCUT2D eigenvalue weighted by Crippen LogP contribution is -2.02. The van der Waals surface area contributed by atoms with Gasteiger partial charge in [0.1, 0.15) is 6.42 Å². The molecule has 0 unspecified atom stereocenters. The minimum atomic E-state index is -1.09. The average molecular weight is 128 g/mol. The molecule has 3 heteroatoms. The molecule has 0 saturated carbocycles. The number of carbonyl (C=O) groups is 2. The first-order valence-electron chi connectivity index (χ1n) is 2.54. The molecule has 0 bridgehead atoms. The number of rotatable bonds is 3. The van der Waals surface area contributed by atoms with Crippen molar-refractivity contribution in [2.75, 3.05) is 0 Å². The minimum absolute atomic E-state index is 0.370. The Balaban J connectivity index is 3.64. The molecule has 1 N–H and O–H groups in total. The van der Waals surface area contributed by atoms with E-state index in [0.717, 1.165) is 0 Å². The molecule has 0 aromatic heterocycles. The lowest BCUT2D eigenvalue weighted by Gasteiger charge is -1.84. The number of carbonyl (C=O) groups excluding carboxylic acids is 1. The largest absolute Gasteiger partial charge is 0.481 e. The molecule has 0 aromatic carbocycles. The first-order valence-corrected chi connectivity index (χ1v) is 2.54. The summed E-state index contributed by atoms with van der Waals surface area (Å²) in [4.78, 5) is 20.2. The third-order valence-electron chi connectivity index (χ3n) is 0.678. The molecule has 0 aliphatic heterocycles. The number of hydrogen-bond acceptors (Lipinski definition) is 2. The minimum Gasteiger partial charge on any atom is -0.481 e. The zero-order chi connectivity index (χ0) is 7.28. The smallest absolute Gasteiger partial charge is 0.311 e. The van der Waals surface area contributed by atoms with Crippen LogP contribution >= 0.6 is 0 Å². The summed E-state index contributed by atoms with van der Waals surface area (Å²) in [6.07, 6.45) is 2.35. The Bertz CT molecular complexity index is 146. The van der Waals surface area contributed by atoms with Crippen LogP contribution in [0, 0.1) is 0 Å². The number of carboxylic acids is 1. The number of ketones is 1. The molecule has 9 heavy (non-hydrogen) atoms. The van der Waals surface area contributed by atoms with Crippen LogP contribution in [0.5, 0.6) is 0 Å². The van der Waals surface area contributed by atoms with Gasteiger partial charge in [0.05, 0.1) is 0 Å². The lowest BCUT2D eigenvalue weighted by molar-refractivity contribution is -0.139. The van der Waals surface area contributed by atoms with E-state index >= 15 is 0 Å². The standard InChI is InChI=1S/C6H8O3/c1-2-3-5(7)4-6(8)9/h2-3H,4H2,1H3,(H,8,9). The average Bonchev–Trinajstić information content (AvgIpc) is 1.63. The van der Waals surface area contributed by atoms with Crippen LogP contribution < -0.4 is 0 Å². The summed E-state index contributed by atoms with van der Waals surface area (Å²) in [5.74, 6) is -1.46. The van der Waals surface area contributed by atoms with Crippen molar-refractivity contribution in [3.63, 3.8) is 0 Å². The molecule has 0 aliphatic rings. The van der Waals surface area contributed by atoms with Crippen LogP contribution in [0.4, 0.5) is 0 Å². The monoisotopic (exact) mass is 128 g/mol. The molecule has 3 nitrogen and oxygen atoms in total. The van der Waals surface area contributed by atoms with Gasteiger partial charge >= 0.3 is 5.97 Å². The maximum absolute atomic E-state index is 10.4. The van der Waals surface area contributed by atoms with E-state index in [-0.39, 0.29) is 5.78 Å². The second-order valence-corrected chi connectivity index (χ2v) is 1.54. The van der Waals surface area contributed by atoms with E-state index in [0.29, 0.717) is 0 Å². The summed E-state index contributed by atoms with van der Waals surface area (Å²) in [6, 6.07) is 0. The van der Waals surface area contributed by atoms with Gasteiger partial charge in [-0.05, 0) is 13.0 Å². The van der Waals surface area contributed by atoms with Crippen molar-refractivity contribution in [2.45, 2.75) is 13.3 Å². The molecular weight excluding hydrogens is 120 g/mol. The zero-order valence-corrected chi connectivity index (χ0v) is 5.13. The van der Waals surface area contributed by atoms with Gasteiger partial charge in [-0.1, -0.05) is 6.08 Å². The van der Waals surface area contributed by atoms with Crippen LogP contribution in [0.3, 0.4) is 0 Å². The second-order valence-electron chi connectivity index (χ2n) is 1.54. The summed E-state index contributed by atoms with van der Waals surface area (Å²) >= 11 is 0. The van der Waals surface area contributed by atoms with Gasteiger partial charge < -0.3 is 5.11 Å². The fourth-order valence-electron chi connectivity index (χ4n) is 0.394. The molecular formula is C6H8O3. The van der Waals surface area contributed by atoms with Crippen molar-refractivity contribution < 1.29 is 14.7 Å². The summed E-state index contributed by atoms with van der Waals surface area (Å²) in [5, 5.41) is 8.06. The molecule has 0 heterocycles. The Morgan fingerprint density at radius 3 is 2.44 bits per heavy atom. The van der Waals surface area contributed by atoms with Gasteiger partial charge in [0.2, 0.25) is 0 Å². The first-order chi connectivity index (χ1) is 4.16. The van der Waals surface area contributed by atoms with Gasteiger partial charge in [-0.15, -0.1) is 0 Å². The molecule has 50 valence electrons. The molecule has 0 amide bonds. The topological polar surface area (TPSA) is 54.4 Å². The lowest BCUT2D eigenvalue weighted by atomic mass is 10.3.